The molecule has 3 rings (SSSR count). The van der Waals surface area contributed by atoms with Crippen LogP contribution in [0.5, 0.6) is 0 Å². The summed E-state index contributed by atoms with van der Waals surface area (Å²) in [6, 6.07) is 0.469. The van der Waals surface area contributed by atoms with E-state index in [2.05, 4.69) is 5.10 Å². The van der Waals surface area contributed by atoms with Crippen LogP contribution in [0.2, 0.25) is 0 Å². The molecule has 2 aliphatic carbocycles. The lowest BCUT2D eigenvalue weighted by atomic mass is 10.4. The normalized spacial score (nSPS) is 22.2. The number of hydrogen-bond acceptors (Lipinski definition) is 2. The summed E-state index contributed by atoms with van der Waals surface area (Å²) in [4.78, 5) is 11.7. The summed E-state index contributed by atoms with van der Waals surface area (Å²) in [7, 11) is 1.74. The van der Waals surface area contributed by atoms with Crippen molar-refractivity contribution in [2.75, 3.05) is 0 Å². The molecule has 4 heteroatoms. The van der Waals surface area contributed by atoms with Gasteiger partial charge in [-0.05, 0) is 25.7 Å². The number of aryl methyl sites for hydroxylation is 1. The summed E-state index contributed by atoms with van der Waals surface area (Å²) < 4.78 is 3.39. The standard InChI is InChI=1S/C9H13N3O/c1-11-9(13)12(7-4-5-7)8(10-11)6-2-3-6/h6-7H,2-5H2,1H3. The maximum Gasteiger partial charge on any atom is 0.345 e. The lowest BCUT2D eigenvalue weighted by molar-refractivity contribution is 0.650. The molecule has 0 aliphatic heterocycles. The highest BCUT2D eigenvalue weighted by Gasteiger charge is 2.36. The lowest BCUT2D eigenvalue weighted by Crippen LogP contribution is -2.22. The average Bonchev–Trinajstić information content (AvgIpc) is 2.98. The molecule has 0 radical (unpaired) electrons. The zero-order valence-corrected chi connectivity index (χ0v) is 7.73. The van der Waals surface area contributed by atoms with Gasteiger partial charge in [0, 0.05) is 19.0 Å². The maximum atomic E-state index is 11.7. The van der Waals surface area contributed by atoms with Crippen LogP contribution in [0.3, 0.4) is 0 Å². The Bertz CT molecular complexity index is 395. The molecular weight excluding hydrogens is 166 g/mol. The van der Waals surface area contributed by atoms with Crippen LogP contribution in [-0.2, 0) is 7.05 Å². The van der Waals surface area contributed by atoms with Crippen molar-refractivity contribution in [3.8, 4) is 0 Å². The topological polar surface area (TPSA) is 39.8 Å². The summed E-state index contributed by atoms with van der Waals surface area (Å²) in [5.74, 6) is 1.62. The van der Waals surface area contributed by atoms with E-state index < -0.39 is 0 Å². The van der Waals surface area contributed by atoms with Gasteiger partial charge in [-0.1, -0.05) is 0 Å². The van der Waals surface area contributed by atoms with Gasteiger partial charge in [-0.25, -0.2) is 9.48 Å². The van der Waals surface area contributed by atoms with Crippen molar-refractivity contribution in [3.63, 3.8) is 0 Å². The van der Waals surface area contributed by atoms with Crippen LogP contribution >= 0.6 is 0 Å². The highest BCUT2D eigenvalue weighted by molar-refractivity contribution is 5.08. The van der Waals surface area contributed by atoms with E-state index in [0.717, 1.165) is 18.7 Å². The predicted octanol–water partition coefficient (Wildman–Crippen LogP) is 0.794. The first-order valence-corrected chi connectivity index (χ1v) is 4.93. The quantitative estimate of drug-likeness (QED) is 0.673. The van der Waals surface area contributed by atoms with Gasteiger partial charge in [0.05, 0.1) is 0 Å². The van der Waals surface area contributed by atoms with Crippen LogP contribution in [-0.4, -0.2) is 14.3 Å². The molecular formula is C9H13N3O. The largest absolute Gasteiger partial charge is 0.345 e. The van der Waals surface area contributed by atoms with Crippen LogP contribution < -0.4 is 5.69 Å². The molecule has 2 fully saturated rings. The number of hydrogen-bond donors (Lipinski definition) is 0. The summed E-state index contributed by atoms with van der Waals surface area (Å²) in [6.45, 7) is 0. The van der Waals surface area contributed by atoms with E-state index >= 15 is 0 Å². The Labute approximate surface area is 76.2 Å². The third-order valence-electron chi connectivity index (χ3n) is 2.84. The molecule has 0 unspecified atom stereocenters. The van der Waals surface area contributed by atoms with Gasteiger partial charge in [0.25, 0.3) is 0 Å². The van der Waals surface area contributed by atoms with E-state index in [-0.39, 0.29) is 5.69 Å². The number of rotatable bonds is 2. The predicted molar refractivity (Wildman–Crippen MR) is 47.7 cm³/mol. The van der Waals surface area contributed by atoms with Crippen molar-refractivity contribution in [1.82, 2.24) is 14.3 Å². The minimum absolute atomic E-state index is 0.0735. The zero-order chi connectivity index (χ0) is 9.00. The van der Waals surface area contributed by atoms with Gasteiger partial charge in [0.2, 0.25) is 0 Å². The molecule has 0 N–H and O–H groups in total. The smallest absolute Gasteiger partial charge is 0.276 e. The van der Waals surface area contributed by atoms with Crippen LogP contribution in [0.25, 0.3) is 0 Å². The molecule has 70 valence electrons. The molecule has 1 aromatic rings. The lowest BCUT2D eigenvalue weighted by Gasteiger charge is -1.99. The summed E-state index contributed by atoms with van der Waals surface area (Å²) in [5, 5.41) is 4.30. The van der Waals surface area contributed by atoms with Crippen molar-refractivity contribution in [2.45, 2.75) is 37.6 Å². The average molecular weight is 179 g/mol. The number of aromatic nitrogens is 3. The van der Waals surface area contributed by atoms with E-state index in [1.165, 1.54) is 17.5 Å². The molecule has 1 aromatic heterocycles. The highest BCUT2D eigenvalue weighted by atomic mass is 16.2. The van der Waals surface area contributed by atoms with Gasteiger partial charge >= 0.3 is 5.69 Å². The molecule has 2 aliphatic rings. The molecule has 0 amide bonds. The Hall–Kier alpha value is -1.06. The Balaban J connectivity index is 2.15. The zero-order valence-electron chi connectivity index (χ0n) is 7.73. The van der Waals surface area contributed by atoms with Crippen molar-refractivity contribution < 1.29 is 0 Å². The second-order valence-corrected chi connectivity index (χ2v) is 4.14. The van der Waals surface area contributed by atoms with Gasteiger partial charge in [0.1, 0.15) is 5.82 Å². The first-order valence-electron chi connectivity index (χ1n) is 4.93. The second kappa shape index (κ2) is 2.25. The third-order valence-corrected chi connectivity index (χ3v) is 2.84. The van der Waals surface area contributed by atoms with E-state index in [4.69, 9.17) is 0 Å². The minimum atomic E-state index is 0.0735. The van der Waals surface area contributed by atoms with Gasteiger partial charge in [-0.15, -0.1) is 0 Å². The SMILES string of the molecule is Cn1nc(C2CC2)n(C2CC2)c1=O. The second-order valence-electron chi connectivity index (χ2n) is 4.14. The van der Waals surface area contributed by atoms with Crippen LogP contribution in [0.15, 0.2) is 4.79 Å². The fraction of sp³-hybridized carbons (Fsp3) is 0.778. The fourth-order valence-electron chi connectivity index (χ4n) is 1.79. The Morgan fingerprint density at radius 1 is 1.31 bits per heavy atom. The first-order chi connectivity index (χ1) is 6.27. The molecule has 0 spiro atoms. The van der Waals surface area contributed by atoms with Gasteiger partial charge in [-0.2, -0.15) is 5.10 Å². The Morgan fingerprint density at radius 3 is 2.54 bits per heavy atom. The molecule has 0 bridgehead atoms. The summed E-state index contributed by atoms with van der Waals surface area (Å²) >= 11 is 0. The summed E-state index contributed by atoms with van der Waals surface area (Å²) in [6.07, 6.45) is 4.74. The molecule has 0 aromatic carbocycles. The molecule has 0 saturated heterocycles. The maximum absolute atomic E-state index is 11.7. The van der Waals surface area contributed by atoms with Crippen LogP contribution in [0, 0.1) is 0 Å². The fourth-order valence-corrected chi connectivity index (χ4v) is 1.79. The minimum Gasteiger partial charge on any atom is -0.276 e. The molecule has 2 saturated carbocycles. The third kappa shape index (κ3) is 1.04. The highest BCUT2D eigenvalue weighted by Crippen LogP contribution is 2.42. The van der Waals surface area contributed by atoms with E-state index in [0.29, 0.717) is 12.0 Å². The van der Waals surface area contributed by atoms with Gasteiger partial charge in [0.15, 0.2) is 0 Å². The molecule has 13 heavy (non-hydrogen) atoms. The number of nitrogens with zero attached hydrogens (tertiary/aromatic N) is 3. The van der Waals surface area contributed by atoms with Crippen molar-refractivity contribution in [3.05, 3.63) is 16.3 Å². The van der Waals surface area contributed by atoms with Crippen LogP contribution in [0.4, 0.5) is 0 Å². The van der Waals surface area contributed by atoms with Crippen LogP contribution in [0.1, 0.15) is 43.5 Å². The monoisotopic (exact) mass is 179 g/mol. The Kier molecular flexibility index (Phi) is 1.27. The van der Waals surface area contributed by atoms with E-state index in [9.17, 15) is 4.79 Å². The van der Waals surface area contributed by atoms with Gasteiger partial charge < -0.3 is 0 Å². The first kappa shape index (κ1) is 7.35. The summed E-state index contributed by atoms with van der Waals surface area (Å²) in [5.41, 5.74) is 0.0735. The van der Waals surface area contributed by atoms with E-state index in [1.807, 2.05) is 4.57 Å². The molecule has 1 heterocycles. The Morgan fingerprint density at radius 2 is 2.00 bits per heavy atom. The van der Waals surface area contributed by atoms with Crippen molar-refractivity contribution >= 4 is 0 Å². The van der Waals surface area contributed by atoms with Crippen molar-refractivity contribution in [2.24, 2.45) is 7.05 Å². The van der Waals surface area contributed by atoms with Gasteiger partial charge in [-0.3, -0.25) is 4.57 Å². The molecule has 4 nitrogen and oxygen atoms in total. The van der Waals surface area contributed by atoms with Crippen molar-refractivity contribution in [1.29, 1.82) is 0 Å². The van der Waals surface area contributed by atoms with E-state index in [1.54, 1.807) is 7.05 Å². The molecule has 0 atom stereocenters.